The monoisotopic (exact) mass is 346 g/mol. The number of hydrogen-bond donors (Lipinski definition) is 2. The van der Waals surface area contributed by atoms with Crippen LogP contribution in [0.2, 0.25) is 0 Å². The first-order valence-electron chi connectivity index (χ1n) is 9.45. The average molecular weight is 346 g/mol. The Labute approximate surface area is 150 Å². The maximum absolute atomic E-state index is 12.1. The van der Waals surface area contributed by atoms with Crippen molar-refractivity contribution in [3.63, 3.8) is 0 Å². The highest BCUT2D eigenvalue weighted by molar-refractivity contribution is 6.39. The van der Waals surface area contributed by atoms with Gasteiger partial charge in [-0.25, -0.2) is 0 Å². The molecular formula is C20H30N2O3. The molecule has 1 aliphatic carbocycles. The lowest BCUT2D eigenvalue weighted by molar-refractivity contribution is -0.137. The van der Waals surface area contributed by atoms with Gasteiger partial charge in [-0.1, -0.05) is 39.5 Å². The largest absolute Gasteiger partial charge is 0.494 e. The van der Waals surface area contributed by atoms with E-state index in [0.29, 0.717) is 18.2 Å². The maximum Gasteiger partial charge on any atom is 0.313 e. The van der Waals surface area contributed by atoms with E-state index in [1.54, 1.807) is 12.1 Å². The van der Waals surface area contributed by atoms with Crippen molar-refractivity contribution in [1.82, 2.24) is 5.32 Å². The van der Waals surface area contributed by atoms with Crippen molar-refractivity contribution in [3.8, 4) is 5.75 Å². The lowest BCUT2D eigenvalue weighted by Gasteiger charge is -2.29. The summed E-state index contributed by atoms with van der Waals surface area (Å²) in [6.45, 7) is 4.98. The van der Waals surface area contributed by atoms with E-state index in [-0.39, 0.29) is 6.04 Å². The molecule has 5 heteroatoms. The number of unbranched alkanes of at least 4 members (excludes halogenated alkanes) is 2. The number of carbonyl (C=O) groups excluding carboxylic acids is 2. The zero-order valence-corrected chi connectivity index (χ0v) is 15.3. The molecule has 0 aliphatic heterocycles. The van der Waals surface area contributed by atoms with Gasteiger partial charge in [0.05, 0.1) is 6.61 Å². The highest BCUT2D eigenvalue weighted by Gasteiger charge is 2.25. The first-order chi connectivity index (χ1) is 12.1. The minimum absolute atomic E-state index is 0.103. The fourth-order valence-corrected chi connectivity index (χ4v) is 3.13. The second-order valence-electron chi connectivity index (χ2n) is 6.88. The molecule has 1 aliphatic rings. The summed E-state index contributed by atoms with van der Waals surface area (Å²) in [5.41, 5.74) is 0.595. The number of hydrogen-bond acceptors (Lipinski definition) is 3. The molecule has 0 radical (unpaired) electrons. The second-order valence-corrected chi connectivity index (χ2v) is 6.88. The molecule has 1 fully saturated rings. The van der Waals surface area contributed by atoms with Gasteiger partial charge in [-0.15, -0.1) is 0 Å². The van der Waals surface area contributed by atoms with Gasteiger partial charge in [0, 0.05) is 11.7 Å². The molecule has 0 unspecified atom stereocenters. The predicted octanol–water partition coefficient (Wildman–Crippen LogP) is 3.89. The number of nitrogens with one attached hydrogen (secondary N) is 2. The quantitative estimate of drug-likeness (QED) is 0.581. The highest BCUT2D eigenvalue weighted by atomic mass is 16.5. The van der Waals surface area contributed by atoms with Crippen LogP contribution in [0.4, 0.5) is 5.69 Å². The average Bonchev–Trinajstić information content (AvgIpc) is 2.62. The Bertz CT molecular complexity index is 557. The Morgan fingerprint density at radius 1 is 1.08 bits per heavy atom. The lowest BCUT2D eigenvalue weighted by atomic mass is 9.86. The first kappa shape index (κ1) is 19.3. The Morgan fingerprint density at radius 2 is 1.80 bits per heavy atom. The second kappa shape index (κ2) is 10.1. The minimum Gasteiger partial charge on any atom is -0.494 e. The van der Waals surface area contributed by atoms with Gasteiger partial charge in [0.15, 0.2) is 0 Å². The molecule has 1 aromatic carbocycles. The molecule has 0 saturated heterocycles. The molecule has 5 nitrogen and oxygen atoms in total. The van der Waals surface area contributed by atoms with Gasteiger partial charge in [0.25, 0.3) is 0 Å². The molecule has 1 saturated carbocycles. The molecule has 2 rings (SSSR count). The molecule has 2 amide bonds. The van der Waals surface area contributed by atoms with Crippen molar-refractivity contribution in [1.29, 1.82) is 0 Å². The zero-order valence-electron chi connectivity index (χ0n) is 15.3. The van der Waals surface area contributed by atoms with E-state index in [1.807, 2.05) is 12.1 Å². The normalized spacial score (nSPS) is 19.9. The van der Waals surface area contributed by atoms with Crippen molar-refractivity contribution in [3.05, 3.63) is 24.3 Å². The van der Waals surface area contributed by atoms with E-state index < -0.39 is 11.8 Å². The Balaban J connectivity index is 1.78. The third-order valence-corrected chi connectivity index (χ3v) is 4.76. The van der Waals surface area contributed by atoms with Crippen LogP contribution in [0.3, 0.4) is 0 Å². The van der Waals surface area contributed by atoms with Crippen molar-refractivity contribution < 1.29 is 14.3 Å². The number of rotatable bonds is 7. The van der Waals surface area contributed by atoms with E-state index in [0.717, 1.165) is 44.3 Å². The van der Waals surface area contributed by atoms with Gasteiger partial charge >= 0.3 is 11.8 Å². The summed E-state index contributed by atoms with van der Waals surface area (Å²) < 4.78 is 5.64. The molecule has 0 aromatic heterocycles. The van der Waals surface area contributed by atoms with Gasteiger partial charge in [-0.3, -0.25) is 9.59 Å². The highest BCUT2D eigenvalue weighted by Crippen LogP contribution is 2.23. The number of anilines is 1. The van der Waals surface area contributed by atoms with Crippen LogP contribution in [0.1, 0.15) is 58.8 Å². The number of benzene rings is 1. The molecule has 2 atom stereocenters. The summed E-state index contributed by atoms with van der Waals surface area (Å²) in [6, 6.07) is 7.23. The zero-order chi connectivity index (χ0) is 18.1. The van der Waals surface area contributed by atoms with E-state index in [9.17, 15) is 9.59 Å². The summed E-state index contributed by atoms with van der Waals surface area (Å²) in [5.74, 6) is 0.0252. The van der Waals surface area contributed by atoms with Gasteiger partial charge < -0.3 is 15.4 Å². The fraction of sp³-hybridized carbons (Fsp3) is 0.600. The van der Waals surface area contributed by atoms with E-state index >= 15 is 0 Å². The van der Waals surface area contributed by atoms with E-state index in [2.05, 4.69) is 24.5 Å². The third-order valence-electron chi connectivity index (χ3n) is 4.76. The number of amides is 2. The summed E-state index contributed by atoms with van der Waals surface area (Å²) in [7, 11) is 0. The van der Waals surface area contributed by atoms with Gasteiger partial charge in [-0.2, -0.15) is 0 Å². The molecule has 2 N–H and O–H groups in total. The Hall–Kier alpha value is -2.04. The fourth-order valence-electron chi connectivity index (χ4n) is 3.13. The molecule has 0 heterocycles. The van der Waals surface area contributed by atoms with Crippen molar-refractivity contribution in [2.24, 2.45) is 5.92 Å². The lowest BCUT2D eigenvalue weighted by Crippen LogP contribution is -2.45. The van der Waals surface area contributed by atoms with Crippen LogP contribution in [0.15, 0.2) is 24.3 Å². The molecule has 0 spiro atoms. The minimum atomic E-state index is -0.616. The van der Waals surface area contributed by atoms with Crippen molar-refractivity contribution >= 4 is 17.5 Å². The standard InChI is InChI=1S/C20H30N2O3/c1-3-4-7-14-25-17-12-10-16(11-13-17)21-19(23)20(24)22-18-9-6-5-8-15(18)2/h10-13,15,18H,3-9,14H2,1-2H3,(H,21,23)(H,22,24)/t15-,18+/m0/s1. The Morgan fingerprint density at radius 3 is 2.48 bits per heavy atom. The molecule has 1 aromatic rings. The molecule has 138 valence electrons. The van der Waals surface area contributed by atoms with Crippen LogP contribution < -0.4 is 15.4 Å². The number of ether oxygens (including phenoxy) is 1. The SMILES string of the molecule is CCCCCOc1ccc(NC(=O)C(=O)N[C@@H]2CCCC[C@@H]2C)cc1. The van der Waals surface area contributed by atoms with Gasteiger partial charge in [-0.05, 0) is 49.4 Å². The van der Waals surface area contributed by atoms with Crippen LogP contribution in [0, 0.1) is 5.92 Å². The summed E-state index contributed by atoms with van der Waals surface area (Å²) in [4.78, 5) is 24.2. The van der Waals surface area contributed by atoms with Gasteiger partial charge in [0.1, 0.15) is 5.75 Å². The number of carbonyl (C=O) groups is 2. The predicted molar refractivity (Wildman–Crippen MR) is 99.7 cm³/mol. The topological polar surface area (TPSA) is 67.4 Å². The van der Waals surface area contributed by atoms with E-state index in [1.165, 1.54) is 6.42 Å². The Kier molecular flexibility index (Phi) is 7.76. The van der Waals surface area contributed by atoms with Crippen LogP contribution in [0.5, 0.6) is 5.75 Å². The smallest absolute Gasteiger partial charge is 0.313 e. The third kappa shape index (κ3) is 6.40. The summed E-state index contributed by atoms with van der Waals surface area (Å²) in [6.07, 6.45) is 7.72. The molecule has 25 heavy (non-hydrogen) atoms. The van der Waals surface area contributed by atoms with Crippen LogP contribution in [-0.4, -0.2) is 24.5 Å². The van der Waals surface area contributed by atoms with Gasteiger partial charge in [0.2, 0.25) is 0 Å². The van der Waals surface area contributed by atoms with Crippen molar-refractivity contribution in [2.45, 2.75) is 64.8 Å². The van der Waals surface area contributed by atoms with Crippen LogP contribution >= 0.6 is 0 Å². The van der Waals surface area contributed by atoms with Crippen molar-refractivity contribution in [2.75, 3.05) is 11.9 Å². The molecular weight excluding hydrogens is 316 g/mol. The van der Waals surface area contributed by atoms with Crippen LogP contribution in [-0.2, 0) is 9.59 Å². The summed E-state index contributed by atoms with van der Waals surface area (Å²) in [5, 5.41) is 5.51. The maximum atomic E-state index is 12.1. The first-order valence-corrected chi connectivity index (χ1v) is 9.45. The molecule has 0 bridgehead atoms. The van der Waals surface area contributed by atoms with E-state index in [4.69, 9.17) is 4.74 Å². The van der Waals surface area contributed by atoms with Crippen LogP contribution in [0.25, 0.3) is 0 Å². The summed E-state index contributed by atoms with van der Waals surface area (Å²) >= 11 is 0.